The topological polar surface area (TPSA) is 304 Å². The number of allylic oxidation sites excluding steroid dienone is 2. The third-order valence-corrected chi connectivity index (χ3v) is 26.5. The number of methoxy groups -OCH3 is 2. The van der Waals surface area contributed by atoms with Gasteiger partial charge in [0.15, 0.2) is 55.5 Å². The lowest BCUT2D eigenvalue weighted by atomic mass is 9.33. The summed E-state index contributed by atoms with van der Waals surface area (Å²) in [6.45, 7) is 18.0. The van der Waals surface area contributed by atoms with Gasteiger partial charge in [-0.2, -0.15) is 0 Å². The van der Waals surface area contributed by atoms with E-state index < -0.39 is 174 Å². The van der Waals surface area contributed by atoms with Crippen LogP contribution in [0.4, 0.5) is 0 Å². The largest absolute Gasteiger partial charge is 0.468 e. The Morgan fingerprint density at radius 3 is 1.63 bits per heavy atom. The van der Waals surface area contributed by atoms with E-state index in [0.29, 0.717) is 76.7 Å². The molecule has 0 aromatic heterocycles. The second-order valence-electron chi connectivity index (χ2n) is 33.4. The Morgan fingerprint density at radius 2 is 1.08 bits per heavy atom. The van der Waals surface area contributed by atoms with Crippen LogP contribution in [0.1, 0.15) is 200 Å². The summed E-state index contributed by atoms with van der Waals surface area (Å²) >= 11 is 0. The number of fused-ring (bicyclic) bond motifs is 7. The van der Waals surface area contributed by atoms with Gasteiger partial charge in [0.25, 0.3) is 0 Å². The molecule has 4 saturated carbocycles. The minimum Gasteiger partial charge on any atom is -0.468 e. The van der Waals surface area contributed by atoms with Crippen molar-refractivity contribution in [1.82, 2.24) is 0 Å². The first-order chi connectivity index (χ1) is 55.4. The van der Waals surface area contributed by atoms with Crippen LogP contribution in [0.15, 0.2) is 133 Å². The summed E-state index contributed by atoms with van der Waals surface area (Å²) in [5, 5.41) is 12.7. The molecule has 16 unspecified atom stereocenters. The number of carbonyl (C=O) groups is 8. The molecule has 4 aromatic carbocycles. The van der Waals surface area contributed by atoms with Gasteiger partial charge in [-0.1, -0.05) is 159 Å². The summed E-state index contributed by atoms with van der Waals surface area (Å²) in [4.78, 5) is 117. The molecule has 1 N–H and O–H groups in total. The van der Waals surface area contributed by atoms with E-state index in [1.165, 1.54) is 49.1 Å². The van der Waals surface area contributed by atoms with Gasteiger partial charge in [0.2, 0.25) is 0 Å². The van der Waals surface area contributed by atoms with Crippen molar-refractivity contribution in [3.05, 3.63) is 155 Å². The van der Waals surface area contributed by atoms with Crippen molar-refractivity contribution in [2.45, 2.75) is 257 Å². The number of hydrogen-bond donors (Lipinski definition) is 1. The van der Waals surface area contributed by atoms with Crippen molar-refractivity contribution in [1.29, 1.82) is 0 Å². The number of esters is 7. The normalized spacial score (nSPS) is 36.1. The molecule has 25 atom stereocenters. The van der Waals surface area contributed by atoms with Gasteiger partial charge in [0.05, 0.1) is 67.3 Å². The van der Waals surface area contributed by atoms with E-state index in [-0.39, 0.29) is 66.3 Å². The quantitative estimate of drug-likeness (QED) is 0.0122. The summed E-state index contributed by atoms with van der Waals surface area (Å²) in [5.41, 5.74) is -2.55. The molecule has 5 aliphatic carbocycles. The first-order valence-electron chi connectivity index (χ1n) is 41.3. The van der Waals surface area contributed by atoms with Gasteiger partial charge in [-0.05, 0) is 165 Å². The molecule has 626 valence electrons. The van der Waals surface area contributed by atoms with Crippen molar-refractivity contribution >= 4 is 48.1 Å². The third-order valence-electron chi connectivity index (χ3n) is 26.5. The highest BCUT2D eigenvalue weighted by Crippen LogP contribution is 2.75. The second kappa shape index (κ2) is 37.8. The molecular formula is C90H116O25. The molecule has 3 aliphatic heterocycles. The van der Waals surface area contributed by atoms with E-state index in [4.69, 9.17) is 75.8 Å². The van der Waals surface area contributed by atoms with Crippen molar-refractivity contribution in [3.8, 4) is 0 Å². The third kappa shape index (κ3) is 17.7. The number of aldehydes is 1. The zero-order valence-corrected chi connectivity index (χ0v) is 68.1. The summed E-state index contributed by atoms with van der Waals surface area (Å²) in [5.74, 6) is -6.47. The van der Waals surface area contributed by atoms with E-state index in [0.717, 1.165) is 46.0 Å². The predicted octanol–water partition coefficient (Wildman–Crippen LogP) is 12.9. The maximum Gasteiger partial charge on any atom is 0.339 e. The van der Waals surface area contributed by atoms with Crippen LogP contribution in [0.3, 0.4) is 0 Å². The summed E-state index contributed by atoms with van der Waals surface area (Å²) in [6, 6.07) is 32.1. The van der Waals surface area contributed by atoms with Crippen molar-refractivity contribution in [3.63, 3.8) is 0 Å². The van der Waals surface area contributed by atoms with Crippen LogP contribution in [0.5, 0.6) is 0 Å². The zero-order valence-electron chi connectivity index (χ0n) is 68.1. The smallest absolute Gasteiger partial charge is 0.339 e. The van der Waals surface area contributed by atoms with Gasteiger partial charge in [-0.25, -0.2) is 24.0 Å². The van der Waals surface area contributed by atoms with Crippen molar-refractivity contribution < 1.29 is 119 Å². The Balaban J connectivity index is 1.01. The number of aliphatic hydroxyl groups is 1. The first-order valence-corrected chi connectivity index (χ1v) is 41.3. The van der Waals surface area contributed by atoms with Crippen LogP contribution in [-0.2, 0) is 95.0 Å². The van der Waals surface area contributed by atoms with Crippen LogP contribution >= 0.6 is 0 Å². The minimum atomic E-state index is -2.00. The molecule has 3 saturated heterocycles. The Kier molecular flexibility index (Phi) is 28.5. The highest BCUT2D eigenvalue weighted by Gasteiger charge is 2.72. The maximum atomic E-state index is 15.0. The maximum absolute atomic E-state index is 15.0. The number of rotatable bonds is 31. The fourth-order valence-corrected chi connectivity index (χ4v) is 20.3. The highest BCUT2D eigenvalue weighted by atomic mass is 16.8. The Hall–Kier alpha value is -7.82. The van der Waals surface area contributed by atoms with Gasteiger partial charge in [-0.15, -0.1) is 0 Å². The molecule has 12 rings (SSSR count). The lowest BCUT2D eigenvalue weighted by Crippen LogP contribution is -2.70. The number of carbonyl (C=O) groups excluding carboxylic acids is 8. The zero-order chi connectivity index (χ0) is 82.0. The molecule has 0 spiro atoms. The van der Waals surface area contributed by atoms with Gasteiger partial charge in [-0.3, -0.25) is 9.59 Å². The van der Waals surface area contributed by atoms with E-state index in [9.17, 15) is 29.1 Å². The van der Waals surface area contributed by atoms with E-state index in [1.54, 1.807) is 84.9 Å². The lowest BCUT2D eigenvalue weighted by Gasteiger charge is -2.71. The van der Waals surface area contributed by atoms with Crippen LogP contribution < -0.4 is 0 Å². The molecule has 7 fully saturated rings. The monoisotopic (exact) mass is 1600 g/mol. The number of benzene rings is 4. The predicted molar refractivity (Wildman–Crippen MR) is 415 cm³/mol. The highest BCUT2D eigenvalue weighted by molar-refractivity contribution is 5.92. The molecule has 0 radical (unpaired) electrons. The van der Waals surface area contributed by atoms with Gasteiger partial charge >= 0.3 is 41.8 Å². The standard InChI is InChI=1S/C90H116O25/c1-12-15-46-102-51-62-68(103-47-16-13-2)70(104-48-17-14-3)75(112-80(97)59-36-28-21-29-37-59)83(108-62)115-76-72(113-82-74(111-79(96)58-34-26-20-27-35-58)69(110-78(95)57-32-24-19-25-33-57)63(52-105-82)107-77(94)56-30-22-18-23-31-56)71(106-55(5)92)73(81(98)100-10)114-84(76)109-67-42-43-86(6)64(87(67,7)53-91)41-44-88(8)65(86)39-38-60-61-49-54(4)40-45-90(61,85(99)101-11)66(93)50-89(60,88)9/h18-38,53-54,61-76,82-84,93H,12-17,39-52H2,1-11H3/t54-,61?,62?,63-,64?,65?,66?,67+,68+,69?,70?,71+,72?,73?,74?,75?,76?,82+,83+,84-,86?,87?,88?,89?,90-/m1/s1. The van der Waals surface area contributed by atoms with Crippen molar-refractivity contribution in [2.75, 3.05) is 47.3 Å². The second-order valence-corrected chi connectivity index (χ2v) is 33.4. The Morgan fingerprint density at radius 1 is 0.548 bits per heavy atom. The molecular weight excluding hydrogens is 1480 g/mol. The minimum absolute atomic E-state index is 0.0189. The van der Waals surface area contributed by atoms with E-state index in [2.05, 4.69) is 33.8 Å². The van der Waals surface area contributed by atoms with E-state index in [1.807, 2.05) is 27.7 Å². The number of hydrogen-bond acceptors (Lipinski definition) is 25. The number of ether oxygens (including phenoxy) is 16. The molecule has 4 aromatic rings. The van der Waals surface area contributed by atoms with Gasteiger partial charge in [0, 0.05) is 26.7 Å². The Labute approximate surface area is 674 Å². The average molecular weight is 1600 g/mol. The SMILES string of the molecule is CCCCOCC1O[C@@H](OC2C(O[C@@H]3OC[C@@H](OC(=O)c4ccccc4)C(OC(=O)c4ccccc4)C3OC(=O)c3ccccc3)[C@H](OC(C)=O)C(C(=O)OC)O[C@H]2O[C@H]2CCC3(C)C(CCC4(C)C3CC=C3C5C[C@H](C)CC[C@]5(C(=O)OC)C(O)CC34C)C2(C)C=O)C(OC(=O)c2ccccc2)C(OCCCC)[C@H]1OCCCC. The van der Waals surface area contributed by atoms with Crippen molar-refractivity contribution in [2.24, 2.45) is 50.7 Å². The average Bonchev–Trinajstić information content (AvgIpc) is 0.671. The molecule has 8 aliphatic rings. The fraction of sp³-hybridized carbons (Fsp3) is 0.622. The summed E-state index contributed by atoms with van der Waals surface area (Å²) < 4.78 is 107. The van der Waals surface area contributed by atoms with Crippen LogP contribution in [0.25, 0.3) is 0 Å². The molecule has 25 nitrogen and oxygen atoms in total. The van der Waals surface area contributed by atoms with Crippen LogP contribution in [-0.4, -0.2) is 199 Å². The lowest BCUT2D eigenvalue weighted by molar-refractivity contribution is -0.393. The Bertz CT molecular complexity index is 3990. The summed E-state index contributed by atoms with van der Waals surface area (Å²) in [6.07, 6.45) is -13.6. The first kappa shape index (κ1) is 86.5. The number of aliphatic hydroxyl groups excluding tert-OH is 1. The van der Waals surface area contributed by atoms with Gasteiger partial charge in [0.1, 0.15) is 42.2 Å². The molecule has 115 heavy (non-hydrogen) atoms. The summed E-state index contributed by atoms with van der Waals surface area (Å²) in [7, 11) is 2.50. The molecule has 3 heterocycles. The number of unbranched alkanes of at least 4 members (excludes halogenated alkanes) is 3. The van der Waals surface area contributed by atoms with E-state index >= 15 is 14.4 Å². The molecule has 0 bridgehead atoms. The molecule has 25 heteroatoms. The van der Waals surface area contributed by atoms with Crippen LogP contribution in [0.2, 0.25) is 0 Å². The molecule has 0 amide bonds. The van der Waals surface area contributed by atoms with Crippen LogP contribution in [0, 0.1) is 50.7 Å². The fourth-order valence-electron chi connectivity index (χ4n) is 20.3. The van der Waals surface area contributed by atoms with Gasteiger partial charge < -0.3 is 85.7 Å².